The molecule has 0 spiro atoms. The topological polar surface area (TPSA) is 12.0 Å². The van der Waals surface area contributed by atoms with E-state index in [1.165, 1.54) is 10.8 Å². The van der Waals surface area contributed by atoms with Crippen LogP contribution in [0.1, 0.15) is 20.8 Å². The standard InChI is InChI=1S/C10H8S.C5H11N.C2H6/c11-10-7-3-5-8-4-1-2-6-9(8)10;1-3-5-6-4-2;1-2/h1-7,11H;3,6H,1,4-5H2,2H3;1-2H3. The van der Waals surface area contributed by atoms with Crippen LogP contribution >= 0.6 is 12.6 Å². The van der Waals surface area contributed by atoms with Crippen LogP contribution in [0.15, 0.2) is 60.0 Å². The zero-order chi connectivity index (χ0) is 14.5. The molecule has 104 valence electrons. The van der Waals surface area contributed by atoms with Crippen LogP contribution in [0, 0.1) is 0 Å². The van der Waals surface area contributed by atoms with Crippen LogP contribution in [-0.4, -0.2) is 13.1 Å². The molecule has 0 aliphatic heterocycles. The molecule has 0 aliphatic rings. The second kappa shape index (κ2) is 11.8. The molecule has 0 radical (unpaired) electrons. The highest BCUT2D eigenvalue weighted by molar-refractivity contribution is 7.80. The van der Waals surface area contributed by atoms with Crippen LogP contribution < -0.4 is 5.32 Å². The van der Waals surface area contributed by atoms with Gasteiger partial charge < -0.3 is 5.32 Å². The highest BCUT2D eigenvalue weighted by Gasteiger charge is 1.92. The number of fused-ring (bicyclic) bond motifs is 1. The Labute approximate surface area is 123 Å². The van der Waals surface area contributed by atoms with E-state index >= 15 is 0 Å². The van der Waals surface area contributed by atoms with Crippen molar-refractivity contribution in [2.45, 2.75) is 25.7 Å². The summed E-state index contributed by atoms with van der Waals surface area (Å²) in [6.07, 6.45) is 1.85. The summed E-state index contributed by atoms with van der Waals surface area (Å²) in [5, 5.41) is 5.55. The number of hydrogen-bond donors (Lipinski definition) is 2. The van der Waals surface area contributed by atoms with Gasteiger partial charge in [-0.3, -0.25) is 0 Å². The Morgan fingerprint density at radius 3 is 2.26 bits per heavy atom. The maximum absolute atomic E-state index is 4.35. The summed E-state index contributed by atoms with van der Waals surface area (Å²) in [5.41, 5.74) is 0. The number of rotatable bonds is 3. The molecule has 2 heteroatoms. The monoisotopic (exact) mass is 275 g/mol. The van der Waals surface area contributed by atoms with Gasteiger partial charge >= 0.3 is 0 Å². The van der Waals surface area contributed by atoms with E-state index in [0.717, 1.165) is 18.0 Å². The van der Waals surface area contributed by atoms with Crippen molar-refractivity contribution in [1.29, 1.82) is 0 Å². The van der Waals surface area contributed by atoms with E-state index in [4.69, 9.17) is 0 Å². The highest BCUT2D eigenvalue weighted by atomic mass is 32.1. The maximum atomic E-state index is 4.35. The van der Waals surface area contributed by atoms with Gasteiger partial charge in [0.1, 0.15) is 0 Å². The second-order valence-corrected chi connectivity index (χ2v) is 4.08. The molecule has 2 aromatic rings. The lowest BCUT2D eigenvalue weighted by molar-refractivity contribution is 0.800. The predicted molar refractivity (Wildman–Crippen MR) is 91.3 cm³/mol. The minimum atomic E-state index is 0.927. The number of thiol groups is 1. The van der Waals surface area contributed by atoms with E-state index in [1.54, 1.807) is 0 Å². The molecule has 0 fully saturated rings. The Morgan fingerprint density at radius 2 is 1.74 bits per heavy atom. The first-order valence-corrected chi connectivity index (χ1v) is 7.22. The van der Waals surface area contributed by atoms with Gasteiger partial charge in [-0.05, 0) is 23.4 Å². The van der Waals surface area contributed by atoms with Crippen molar-refractivity contribution in [2.75, 3.05) is 13.1 Å². The molecule has 0 heterocycles. The van der Waals surface area contributed by atoms with Crippen molar-refractivity contribution in [2.24, 2.45) is 0 Å². The Morgan fingerprint density at radius 1 is 1.11 bits per heavy atom. The van der Waals surface area contributed by atoms with Gasteiger partial charge in [0.15, 0.2) is 0 Å². The molecule has 0 amide bonds. The summed E-state index contributed by atoms with van der Waals surface area (Å²) in [7, 11) is 0. The predicted octanol–water partition coefficient (Wildman–Crippen LogP) is 4.94. The molecule has 2 rings (SSSR count). The Kier molecular flexibility index (Phi) is 11.0. The molecule has 2 aromatic carbocycles. The van der Waals surface area contributed by atoms with Gasteiger partial charge in [-0.2, -0.15) is 0 Å². The van der Waals surface area contributed by atoms with Crippen LogP contribution in [0.2, 0.25) is 0 Å². The summed E-state index contributed by atoms with van der Waals surface area (Å²) in [4.78, 5) is 1.04. The van der Waals surface area contributed by atoms with Crippen LogP contribution in [0.5, 0.6) is 0 Å². The summed E-state index contributed by atoms with van der Waals surface area (Å²) in [5.74, 6) is 0. The zero-order valence-electron chi connectivity index (χ0n) is 12.2. The fraction of sp³-hybridized carbons (Fsp3) is 0.294. The van der Waals surface area contributed by atoms with E-state index in [1.807, 2.05) is 44.2 Å². The average molecular weight is 275 g/mol. The molecule has 0 saturated heterocycles. The molecule has 1 N–H and O–H groups in total. The fourth-order valence-electron chi connectivity index (χ4n) is 1.45. The minimum Gasteiger partial charge on any atom is -0.314 e. The molecule has 0 aliphatic carbocycles. The summed E-state index contributed by atoms with van der Waals surface area (Å²) < 4.78 is 0. The van der Waals surface area contributed by atoms with Crippen molar-refractivity contribution < 1.29 is 0 Å². The van der Waals surface area contributed by atoms with Crippen LogP contribution in [0.4, 0.5) is 0 Å². The maximum Gasteiger partial charge on any atom is 0.0132 e. The first-order valence-electron chi connectivity index (χ1n) is 6.78. The SMILES string of the molecule is C=CCNCC.CC.Sc1cccc2ccccc12. The minimum absolute atomic E-state index is 0.927. The lowest BCUT2D eigenvalue weighted by Crippen LogP contribution is -2.10. The zero-order valence-corrected chi connectivity index (χ0v) is 13.1. The molecule has 0 bridgehead atoms. The largest absolute Gasteiger partial charge is 0.314 e. The van der Waals surface area contributed by atoms with Crippen molar-refractivity contribution in [3.8, 4) is 0 Å². The molecular formula is C17H25NS. The van der Waals surface area contributed by atoms with Crippen molar-refractivity contribution in [3.63, 3.8) is 0 Å². The Hall–Kier alpha value is -1.25. The first-order chi connectivity index (χ1) is 9.29. The average Bonchev–Trinajstić information content (AvgIpc) is 2.48. The smallest absolute Gasteiger partial charge is 0.0132 e. The molecule has 19 heavy (non-hydrogen) atoms. The van der Waals surface area contributed by atoms with Crippen LogP contribution in [0.25, 0.3) is 10.8 Å². The van der Waals surface area contributed by atoms with Gasteiger partial charge in [0.25, 0.3) is 0 Å². The van der Waals surface area contributed by atoms with Crippen molar-refractivity contribution >= 4 is 23.4 Å². The fourth-order valence-corrected chi connectivity index (χ4v) is 1.74. The van der Waals surface area contributed by atoms with E-state index in [0.29, 0.717) is 0 Å². The molecule has 0 unspecified atom stereocenters. The first kappa shape index (κ1) is 17.8. The number of nitrogens with one attached hydrogen (secondary N) is 1. The lowest BCUT2D eigenvalue weighted by atomic mass is 10.1. The van der Waals surface area contributed by atoms with Gasteiger partial charge in [-0.1, -0.05) is 63.2 Å². The third-order valence-corrected chi connectivity index (χ3v) is 2.70. The van der Waals surface area contributed by atoms with Crippen molar-refractivity contribution in [1.82, 2.24) is 5.32 Å². The third-order valence-electron chi connectivity index (χ3n) is 2.31. The highest BCUT2D eigenvalue weighted by Crippen LogP contribution is 2.20. The molecule has 0 aromatic heterocycles. The Bertz CT molecular complexity index is 460. The lowest BCUT2D eigenvalue weighted by Gasteiger charge is -1.98. The van der Waals surface area contributed by atoms with Crippen molar-refractivity contribution in [3.05, 3.63) is 55.1 Å². The van der Waals surface area contributed by atoms with Gasteiger partial charge in [-0.25, -0.2) is 0 Å². The summed E-state index contributed by atoms with van der Waals surface area (Å²) in [6.45, 7) is 11.6. The van der Waals surface area contributed by atoms with Gasteiger partial charge in [0, 0.05) is 11.4 Å². The summed E-state index contributed by atoms with van der Waals surface area (Å²) >= 11 is 4.35. The number of hydrogen-bond acceptors (Lipinski definition) is 2. The number of likely N-dealkylation sites (N-methyl/N-ethyl adjacent to an activating group) is 1. The van der Waals surface area contributed by atoms with E-state index < -0.39 is 0 Å². The van der Waals surface area contributed by atoms with E-state index in [2.05, 4.69) is 49.6 Å². The molecular weight excluding hydrogens is 250 g/mol. The van der Waals surface area contributed by atoms with E-state index in [9.17, 15) is 0 Å². The quantitative estimate of drug-likeness (QED) is 0.459. The second-order valence-electron chi connectivity index (χ2n) is 3.59. The van der Waals surface area contributed by atoms with Crippen LogP contribution in [0.3, 0.4) is 0 Å². The number of benzene rings is 2. The normalized spacial score (nSPS) is 8.84. The van der Waals surface area contributed by atoms with Crippen LogP contribution in [-0.2, 0) is 0 Å². The van der Waals surface area contributed by atoms with Gasteiger partial charge in [0.05, 0.1) is 0 Å². The Balaban J connectivity index is 0.000000350. The molecule has 0 saturated carbocycles. The van der Waals surface area contributed by atoms with Gasteiger partial charge in [-0.15, -0.1) is 19.2 Å². The van der Waals surface area contributed by atoms with E-state index in [-0.39, 0.29) is 0 Å². The molecule has 0 atom stereocenters. The molecule has 1 nitrogen and oxygen atoms in total. The van der Waals surface area contributed by atoms with Gasteiger partial charge in [0.2, 0.25) is 0 Å². The summed E-state index contributed by atoms with van der Waals surface area (Å²) in [6, 6.07) is 14.4. The third kappa shape index (κ3) is 7.04.